The van der Waals surface area contributed by atoms with E-state index >= 15 is 0 Å². The maximum atomic E-state index is 10.9. The molecule has 1 aliphatic heterocycles. The Kier molecular flexibility index (Phi) is 4.32. The zero-order valence-electron chi connectivity index (χ0n) is 14.0. The fourth-order valence-electron chi connectivity index (χ4n) is 2.84. The Hall–Kier alpha value is -2.71. The second-order valence-corrected chi connectivity index (χ2v) is 6.12. The second-order valence-electron chi connectivity index (χ2n) is 6.12. The van der Waals surface area contributed by atoms with Crippen LogP contribution in [0.4, 0.5) is 17.5 Å². The lowest BCUT2D eigenvalue weighted by atomic mass is 9.97. The third kappa shape index (κ3) is 3.15. The van der Waals surface area contributed by atoms with Gasteiger partial charge in [-0.1, -0.05) is 0 Å². The summed E-state index contributed by atoms with van der Waals surface area (Å²) >= 11 is 0. The molecule has 1 saturated heterocycles. The number of piperidine rings is 1. The highest BCUT2D eigenvalue weighted by Crippen LogP contribution is 2.30. The van der Waals surface area contributed by atoms with E-state index < -0.39 is 4.92 Å². The number of hydrogen-bond acceptors (Lipinski definition) is 8. The van der Waals surface area contributed by atoms with Gasteiger partial charge < -0.3 is 14.3 Å². The van der Waals surface area contributed by atoms with Gasteiger partial charge >= 0.3 is 0 Å². The first-order chi connectivity index (χ1) is 11.5. The third-order valence-electron chi connectivity index (χ3n) is 4.24. The van der Waals surface area contributed by atoms with E-state index in [0.717, 1.165) is 31.7 Å². The highest BCUT2D eigenvalue weighted by atomic mass is 16.6. The Labute approximate surface area is 139 Å². The van der Waals surface area contributed by atoms with Crippen LogP contribution in [0, 0.1) is 17.0 Å². The summed E-state index contributed by atoms with van der Waals surface area (Å²) in [5.41, 5.74) is 0.489. The molecule has 9 heteroatoms. The lowest BCUT2D eigenvalue weighted by Crippen LogP contribution is -2.33. The minimum absolute atomic E-state index is 0.0516. The molecule has 0 aromatic carbocycles. The van der Waals surface area contributed by atoms with E-state index in [4.69, 9.17) is 4.52 Å². The number of anilines is 2. The van der Waals surface area contributed by atoms with Gasteiger partial charge in [0, 0.05) is 39.2 Å². The topological polar surface area (TPSA) is 101 Å². The summed E-state index contributed by atoms with van der Waals surface area (Å²) in [7, 11) is 3.75. The first-order valence-electron chi connectivity index (χ1n) is 7.83. The molecule has 0 atom stereocenters. The van der Waals surface area contributed by atoms with E-state index in [0.29, 0.717) is 17.5 Å². The Morgan fingerprint density at radius 2 is 2.00 bits per heavy atom. The molecular formula is C15H20N6O3. The van der Waals surface area contributed by atoms with Gasteiger partial charge in [0.2, 0.25) is 5.89 Å². The highest BCUT2D eigenvalue weighted by Gasteiger charge is 2.26. The predicted octanol–water partition coefficient (Wildman–Crippen LogP) is 2.13. The Morgan fingerprint density at radius 3 is 2.54 bits per heavy atom. The highest BCUT2D eigenvalue weighted by molar-refractivity contribution is 5.47. The van der Waals surface area contributed by atoms with Gasteiger partial charge in [-0.25, -0.2) is 4.98 Å². The number of aromatic nitrogens is 3. The summed E-state index contributed by atoms with van der Waals surface area (Å²) in [5, 5.41) is 14.8. The van der Waals surface area contributed by atoms with E-state index in [1.165, 1.54) is 6.07 Å². The second kappa shape index (κ2) is 6.42. The molecular weight excluding hydrogens is 312 g/mol. The van der Waals surface area contributed by atoms with Crippen LogP contribution >= 0.6 is 0 Å². The predicted molar refractivity (Wildman–Crippen MR) is 88.4 cm³/mol. The summed E-state index contributed by atoms with van der Waals surface area (Å²) in [5.74, 6) is 2.27. The zero-order chi connectivity index (χ0) is 17.3. The van der Waals surface area contributed by atoms with Crippen LogP contribution in [-0.2, 0) is 0 Å². The lowest BCUT2D eigenvalue weighted by Gasteiger charge is -2.31. The smallest absolute Gasteiger partial charge is 0.290 e. The molecule has 0 N–H and O–H groups in total. The number of aryl methyl sites for hydroxylation is 1. The molecule has 0 unspecified atom stereocenters. The quantitative estimate of drug-likeness (QED) is 0.620. The van der Waals surface area contributed by atoms with E-state index in [-0.39, 0.29) is 11.6 Å². The minimum atomic E-state index is -0.406. The van der Waals surface area contributed by atoms with Crippen LogP contribution in [-0.4, -0.2) is 47.2 Å². The lowest BCUT2D eigenvalue weighted by molar-refractivity contribution is -0.385. The van der Waals surface area contributed by atoms with Crippen LogP contribution in [0.5, 0.6) is 0 Å². The van der Waals surface area contributed by atoms with E-state index in [9.17, 15) is 10.1 Å². The van der Waals surface area contributed by atoms with Crippen LogP contribution in [0.3, 0.4) is 0 Å². The summed E-state index contributed by atoms with van der Waals surface area (Å²) in [6.07, 6.45) is 1.76. The molecule has 2 aromatic rings. The molecule has 2 aromatic heterocycles. The molecule has 3 rings (SSSR count). The van der Waals surface area contributed by atoms with Crippen LogP contribution in [0.15, 0.2) is 16.7 Å². The molecule has 1 aliphatic rings. The molecule has 128 valence electrons. The van der Waals surface area contributed by atoms with Crippen molar-refractivity contribution in [3.8, 4) is 0 Å². The van der Waals surface area contributed by atoms with Gasteiger partial charge in [-0.2, -0.15) is 4.98 Å². The van der Waals surface area contributed by atoms with Crippen molar-refractivity contribution in [1.82, 2.24) is 15.1 Å². The molecule has 3 heterocycles. The summed E-state index contributed by atoms with van der Waals surface area (Å²) in [6.45, 7) is 3.26. The molecule has 0 saturated carbocycles. The van der Waals surface area contributed by atoms with Gasteiger partial charge in [-0.05, 0) is 31.0 Å². The van der Waals surface area contributed by atoms with Gasteiger partial charge in [-0.15, -0.1) is 0 Å². The SMILES string of the molecule is Cc1nc(N2CCC(c3nc(N(C)C)no3)CC2)ccc1[N+](=O)[O-]. The number of rotatable bonds is 4. The van der Waals surface area contributed by atoms with Gasteiger partial charge in [-0.3, -0.25) is 10.1 Å². The summed E-state index contributed by atoms with van der Waals surface area (Å²) < 4.78 is 5.36. The van der Waals surface area contributed by atoms with Crippen LogP contribution in [0.1, 0.15) is 30.3 Å². The summed E-state index contributed by atoms with van der Waals surface area (Å²) in [6, 6.07) is 3.23. The maximum absolute atomic E-state index is 10.9. The van der Waals surface area contributed by atoms with Crippen molar-refractivity contribution < 1.29 is 9.45 Å². The first-order valence-corrected chi connectivity index (χ1v) is 7.83. The van der Waals surface area contributed by atoms with E-state index in [1.54, 1.807) is 13.0 Å². The normalized spacial score (nSPS) is 15.5. The van der Waals surface area contributed by atoms with Gasteiger partial charge in [0.1, 0.15) is 11.5 Å². The van der Waals surface area contributed by atoms with Crippen molar-refractivity contribution >= 4 is 17.5 Å². The number of pyridine rings is 1. The molecule has 0 amide bonds. The molecule has 24 heavy (non-hydrogen) atoms. The minimum Gasteiger partial charge on any atom is -0.357 e. The molecule has 0 bridgehead atoms. The monoisotopic (exact) mass is 332 g/mol. The van der Waals surface area contributed by atoms with Gasteiger partial charge in [0.15, 0.2) is 0 Å². The molecule has 0 radical (unpaired) electrons. The molecule has 0 aliphatic carbocycles. The van der Waals surface area contributed by atoms with Crippen LogP contribution in [0.2, 0.25) is 0 Å². The van der Waals surface area contributed by atoms with E-state index in [2.05, 4.69) is 20.0 Å². The molecule has 9 nitrogen and oxygen atoms in total. The fraction of sp³-hybridized carbons (Fsp3) is 0.533. The molecule has 1 fully saturated rings. The first kappa shape index (κ1) is 16.2. The molecule has 0 spiro atoms. The van der Waals surface area contributed by atoms with Crippen LogP contribution < -0.4 is 9.80 Å². The Morgan fingerprint density at radius 1 is 1.29 bits per heavy atom. The van der Waals surface area contributed by atoms with Crippen molar-refractivity contribution in [3.63, 3.8) is 0 Å². The van der Waals surface area contributed by atoms with Gasteiger partial charge in [0.05, 0.1) is 4.92 Å². The van der Waals surface area contributed by atoms with Crippen LogP contribution in [0.25, 0.3) is 0 Å². The van der Waals surface area contributed by atoms with Crippen molar-refractivity contribution in [2.45, 2.75) is 25.7 Å². The average molecular weight is 332 g/mol. The van der Waals surface area contributed by atoms with E-state index in [1.807, 2.05) is 19.0 Å². The maximum Gasteiger partial charge on any atom is 0.290 e. The van der Waals surface area contributed by atoms with Crippen molar-refractivity contribution in [2.75, 3.05) is 37.0 Å². The van der Waals surface area contributed by atoms with Crippen molar-refractivity contribution in [1.29, 1.82) is 0 Å². The summed E-state index contributed by atoms with van der Waals surface area (Å²) in [4.78, 5) is 23.2. The standard InChI is InChI=1S/C15H20N6O3/c1-10-12(21(22)23)4-5-13(16-10)20-8-6-11(7-9-20)14-17-15(18-24-14)19(2)3/h4-5,11H,6-9H2,1-3H3. The Bertz CT molecular complexity index is 737. The largest absolute Gasteiger partial charge is 0.357 e. The Balaban J connectivity index is 1.66. The van der Waals surface area contributed by atoms with Gasteiger partial charge in [0.25, 0.3) is 11.6 Å². The zero-order valence-corrected chi connectivity index (χ0v) is 14.0. The van der Waals surface area contributed by atoms with Crippen molar-refractivity contribution in [3.05, 3.63) is 33.8 Å². The van der Waals surface area contributed by atoms with Crippen molar-refractivity contribution in [2.24, 2.45) is 0 Å². The third-order valence-corrected chi connectivity index (χ3v) is 4.24. The number of nitro groups is 1. The number of nitrogens with zero attached hydrogens (tertiary/aromatic N) is 6. The average Bonchev–Trinajstić information content (AvgIpc) is 3.05. The number of hydrogen-bond donors (Lipinski definition) is 0. The fourth-order valence-corrected chi connectivity index (χ4v) is 2.84.